The number of hydrogen-bond donors (Lipinski definition) is 1. The fraction of sp³-hybridized carbons (Fsp3) is 0.619. The zero-order chi connectivity index (χ0) is 19.4. The van der Waals surface area contributed by atoms with Gasteiger partial charge in [0, 0.05) is 12.0 Å². The second-order valence-corrected chi connectivity index (χ2v) is 7.41. The highest BCUT2D eigenvalue weighted by atomic mass is 35.5. The SMILES string of the molecule is CCC1(CC)CC(c2ccc(OC)c(OC)c2)=NN(C2CCNCC2)C1=O.Cl. The lowest BCUT2D eigenvalue weighted by atomic mass is 9.74. The summed E-state index contributed by atoms with van der Waals surface area (Å²) in [6, 6.07) is 6.05. The quantitative estimate of drug-likeness (QED) is 0.779. The third-order valence-electron chi connectivity index (χ3n) is 6.12. The van der Waals surface area contributed by atoms with E-state index in [0.717, 1.165) is 50.0 Å². The summed E-state index contributed by atoms with van der Waals surface area (Å²) in [6.45, 7) is 6.08. The average Bonchev–Trinajstić information content (AvgIpc) is 2.74. The average molecular weight is 410 g/mol. The van der Waals surface area contributed by atoms with Gasteiger partial charge in [-0.05, 0) is 57.0 Å². The molecule has 0 aromatic heterocycles. The van der Waals surface area contributed by atoms with Gasteiger partial charge in [-0.15, -0.1) is 12.4 Å². The number of hydrogen-bond acceptors (Lipinski definition) is 5. The van der Waals surface area contributed by atoms with Crippen LogP contribution in [0.5, 0.6) is 11.5 Å². The zero-order valence-electron chi connectivity index (χ0n) is 17.3. The highest BCUT2D eigenvalue weighted by Gasteiger charge is 2.45. The predicted octanol–water partition coefficient (Wildman–Crippen LogP) is 3.62. The highest BCUT2D eigenvalue weighted by Crippen LogP contribution is 2.40. The number of benzene rings is 1. The molecule has 0 aliphatic carbocycles. The molecule has 1 aromatic carbocycles. The Kier molecular flexibility index (Phi) is 7.72. The van der Waals surface area contributed by atoms with Crippen molar-refractivity contribution in [3.8, 4) is 11.5 Å². The number of nitrogens with zero attached hydrogens (tertiary/aromatic N) is 2. The number of carbonyl (C=O) groups excluding carboxylic acids is 1. The number of hydrazone groups is 1. The summed E-state index contributed by atoms with van der Waals surface area (Å²) < 4.78 is 10.8. The normalized spacial score (nSPS) is 19.6. The van der Waals surface area contributed by atoms with Gasteiger partial charge >= 0.3 is 0 Å². The van der Waals surface area contributed by atoms with E-state index in [-0.39, 0.29) is 29.8 Å². The van der Waals surface area contributed by atoms with Crippen LogP contribution < -0.4 is 14.8 Å². The van der Waals surface area contributed by atoms with Crippen LogP contribution >= 0.6 is 12.4 Å². The lowest BCUT2D eigenvalue weighted by Gasteiger charge is -2.42. The Balaban J connectivity index is 0.00000280. The summed E-state index contributed by atoms with van der Waals surface area (Å²) >= 11 is 0. The molecule has 156 valence electrons. The van der Waals surface area contributed by atoms with Crippen molar-refractivity contribution in [3.05, 3.63) is 23.8 Å². The van der Waals surface area contributed by atoms with Crippen molar-refractivity contribution >= 4 is 24.0 Å². The van der Waals surface area contributed by atoms with Crippen molar-refractivity contribution in [1.29, 1.82) is 0 Å². The van der Waals surface area contributed by atoms with Gasteiger partial charge in [0.2, 0.25) is 5.91 Å². The minimum absolute atomic E-state index is 0. The van der Waals surface area contributed by atoms with Gasteiger partial charge in [-0.2, -0.15) is 5.10 Å². The summed E-state index contributed by atoms with van der Waals surface area (Å²) in [5.74, 6) is 1.56. The fourth-order valence-corrected chi connectivity index (χ4v) is 4.13. The molecule has 1 amide bonds. The molecule has 6 nitrogen and oxygen atoms in total. The van der Waals surface area contributed by atoms with Crippen molar-refractivity contribution in [2.24, 2.45) is 10.5 Å². The summed E-state index contributed by atoms with van der Waals surface area (Å²) in [5, 5.41) is 10.0. The largest absolute Gasteiger partial charge is 0.493 e. The van der Waals surface area contributed by atoms with E-state index < -0.39 is 0 Å². The van der Waals surface area contributed by atoms with Crippen molar-refractivity contribution < 1.29 is 14.3 Å². The first-order valence-corrected chi connectivity index (χ1v) is 9.92. The number of rotatable bonds is 6. The maximum absolute atomic E-state index is 13.4. The van der Waals surface area contributed by atoms with E-state index in [2.05, 4.69) is 19.2 Å². The zero-order valence-corrected chi connectivity index (χ0v) is 18.1. The number of amides is 1. The van der Waals surface area contributed by atoms with E-state index in [1.54, 1.807) is 19.2 Å². The standard InChI is InChI=1S/C21H31N3O3.ClH/c1-5-21(6-2)14-17(15-7-8-18(26-3)19(13-15)27-4)23-24(20(21)25)16-9-11-22-12-10-16;/h7-8,13,16,22H,5-6,9-12,14H2,1-4H3;1H. The van der Waals surface area contributed by atoms with E-state index in [9.17, 15) is 4.79 Å². The maximum Gasteiger partial charge on any atom is 0.249 e. The van der Waals surface area contributed by atoms with Crippen molar-refractivity contribution in [1.82, 2.24) is 10.3 Å². The first kappa shape index (κ1) is 22.5. The number of halogens is 1. The molecular weight excluding hydrogens is 378 g/mol. The van der Waals surface area contributed by atoms with Crippen LogP contribution in [0.1, 0.15) is 51.5 Å². The minimum atomic E-state index is -0.380. The molecule has 3 rings (SSSR count). The van der Waals surface area contributed by atoms with Crippen molar-refractivity contribution in [2.75, 3.05) is 27.3 Å². The number of piperidine rings is 1. The lowest BCUT2D eigenvalue weighted by molar-refractivity contribution is -0.146. The monoisotopic (exact) mass is 409 g/mol. The molecule has 2 aliphatic rings. The summed E-state index contributed by atoms with van der Waals surface area (Å²) in [6.07, 6.45) is 4.18. The molecule has 2 heterocycles. The van der Waals surface area contributed by atoms with E-state index in [1.165, 1.54) is 0 Å². The molecule has 1 N–H and O–H groups in total. The number of nitrogens with one attached hydrogen (secondary N) is 1. The molecule has 28 heavy (non-hydrogen) atoms. The maximum atomic E-state index is 13.4. The second-order valence-electron chi connectivity index (χ2n) is 7.41. The second kappa shape index (κ2) is 9.61. The van der Waals surface area contributed by atoms with E-state index in [0.29, 0.717) is 17.9 Å². The topological polar surface area (TPSA) is 63.2 Å². The van der Waals surface area contributed by atoms with Crippen LogP contribution in [0.4, 0.5) is 0 Å². The lowest BCUT2D eigenvalue weighted by Crippen LogP contribution is -2.52. The molecule has 0 bridgehead atoms. The third kappa shape index (κ3) is 4.13. The Morgan fingerprint density at radius 3 is 2.36 bits per heavy atom. The molecule has 2 aliphatic heterocycles. The minimum Gasteiger partial charge on any atom is -0.493 e. The fourth-order valence-electron chi connectivity index (χ4n) is 4.13. The first-order valence-electron chi connectivity index (χ1n) is 9.92. The molecule has 7 heteroatoms. The van der Waals surface area contributed by atoms with Gasteiger partial charge in [0.25, 0.3) is 0 Å². The van der Waals surface area contributed by atoms with Crippen LogP contribution in [0, 0.1) is 5.41 Å². The number of carbonyl (C=O) groups is 1. The molecule has 1 saturated heterocycles. The van der Waals surface area contributed by atoms with Gasteiger partial charge in [-0.1, -0.05) is 13.8 Å². The Labute approximate surface area is 174 Å². The molecule has 0 radical (unpaired) electrons. The van der Waals surface area contributed by atoms with Gasteiger partial charge < -0.3 is 14.8 Å². The Morgan fingerprint density at radius 2 is 1.79 bits per heavy atom. The Bertz CT molecular complexity index is 713. The number of ether oxygens (including phenoxy) is 2. The number of methoxy groups -OCH3 is 2. The van der Waals surface area contributed by atoms with Crippen LogP contribution in [0.2, 0.25) is 0 Å². The van der Waals surface area contributed by atoms with Gasteiger partial charge in [-0.25, -0.2) is 5.01 Å². The summed E-state index contributed by atoms with van der Waals surface area (Å²) in [5.41, 5.74) is 1.57. The third-order valence-corrected chi connectivity index (χ3v) is 6.12. The van der Waals surface area contributed by atoms with Crippen LogP contribution in [-0.2, 0) is 4.79 Å². The molecule has 0 atom stereocenters. The van der Waals surface area contributed by atoms with Gasteiger partial charge in [-0.3, -0.25) is 4.79 Å². The van der Waals surface area contributed by atoms with Gasteiger partial charge in [0.05, 0.1) is 31.4 Å². The van der Waals surface area contributed by atoms with Crippen LogP contribution in [-0.4, -0.2) is 50.0 Å². The van der Waals surface area contributed by atoms with E-state index >= 15 is 0 Å². The first-order chi connectivity index (χ1) is 13.1. The molecule has 0 spiro atoms. The summed E-state index contributed by atoms with van der Waals surface area (Å²) in [7, 11) is 3.27. The van der Waals surface area contributed by atoms with Crippen LogP contribution in [0.15, 0.2) is 23.3 Å². The predicted molar refractivity (Wildman–Crippen MR) is 114 cm³/mol. The highest BCUT2D eigenvalue weighted by molar-refractivity contribution is 6.06. The molecule has 1 fully saturated rings. The Morgan fingerprint density at radius 1 is 1.14 bits per heavy atom. The smallest absolute Gasteiger partial charge is 0.249 e. The van der Waals surface area contributed by atoms with Gasteiger partial charge in [0.15, 0.2) is 11.5 Å². The van der Waals surface area contributed by atoms with E-state index in [4.69, 9.17) is 14.6 Å². The Hall–Kier alpha value is -1.79. The van der Waals surface area contributed by atoms with Crippen LogP contribution in [0.25, 0.3) is 0 Å². The summed E-state index contributed by atoms with van der Waals surface area (Å²) in [4.78, 5) is 13.4. The molecular formula is C21H32ClN3O3. The molecule has 0 unspecified atom stereocenters. The molecule has 0 saturated carbocycles. The van der Waals surface area contributed by atoms with Crippen LogP contribution in [0.3, 0.4) is 0 Å². The van der Waals surface area contributed by atoms with Gasteiger partial charge in [0.1, 0.15) is 0 Å². The van der Waals surface area contributed by atoms with Crippen molar-refractivity contribution in [3.63, 3.8) is 0 Å². The van der Waals surface area contributed by atoms with E-state index in [1.807, 2.05) is 18.2 Å². The van der Waals surface area contributed by atoms with Crippen molar-refractivity contribution in [2.45, 2.75) is 52.0 Å². The molecule has 1 aromatic rings.